The molecule has 1 fully saturated rings. The molecule has 4 aromatic rings. The Morgan fingerprint density at radius 3 is 2.33 bits per heavy atom. The van der Waals surface area contributed by atoms with Gasteiger partial charge in [-0.25, -0.2) is 13.9 Å². The van der Waals surface area contributed by atoms with E-state index in [1.165, 1.54) is 15.6 Å². The Balaban J connectivity index is 0.00000102. The lowest BCUT2D eigenvalue weighted by molar-refractivity contribution is -0.123. The van der Waals surface area contributed by atoms with Crippen molar-refractivity contribution in [2.24, 2.45) is 0 Å². The Morgan fingerprint density at radius 1 is 1.02 bits per heavy atom. The predicted molar refractivity (Wildman–Crippen MR) is 217 cm³/mol. The van der Waals surface area contributed by atoms with Gasteiger partial charge in [-0.15, -0.1) is 6.58 Å². The van der Waals surface area contributed by atoms with Crippen LogP contribution in [0.1, 0.15) is 71.4 Å². The summed E-state index contributed by atoms with van der Waals surface area (Å²) in [6, 6.07) is 14.7. The average molecular weight is 756 g/mol. The van der Waals surface area contributed by atoms with Crippen LogP contribution in [-0.2, 0) is 16.0 Å². The summed E-state index contributed by atoms with van der Waals surface area (Å²) in [4.78, 5) is 56.7. The maximum atomic E-state index is 12.8. The van der Waals surface area contributed by atoms with Gasteiger partial charge in [0.05, 0.1) is 29.0 Å². The van der Waals surface area contributed by atoms with Crippen LogP contribution >= 0.6 is 0 Å². The number of fused-ring (bicyclic) bond motifs is 1. The number of hydrogen-bond donors (Lipinski definition) is 4. The van der Waals surface area contributed by atoms with E-state index >= 15 is 0 Å². The summed E-state index contributed by atoms with van der Waals surface area (Å²) in [5.41, 5.74) is 6.40. The lowest BCUT2D eigenvalue weighted by Crippen LogP contribution is -2.46. The Hall–Kier alpha value is -5.63. The van der Waals surface area contributed by atoms with E-state index in [0.29, 0.717) is 54.0 Å². The highest BCUT2D eigenvalue weighted by atomic mass is 19.1. The fourth-order valence-corrected chi connectivity index (χ4v) is 6.20. The van der Waals surface area contributed by atoms with Crippen LogP contribution in [0.25, 0.3) is 16.9 Å². The fraction of sp³-hybridized carbons (Fsp3) is 0.415. The van der Waals surface area contributed by atoms with E-state index in [4.69, 9.17) is 0 Å². The molecule has 1 saturated carbocycles. The van der Waals surface area contributed by atoms with Gasteiger partial charge in [-0.3, -0.25) is 19.2 Å². The molecule has 2 aromatic heterocycles. The van der Waals surface area contributed by atoms with E-state index in [0.717, 1.165) is 67.4 Å². The van der Waals surface area contributed by atoms with E-state index in [-0.39, 0.29) is 17.9 Å². The topological polar surface area (TPSA) is 153 Å². The van der Waals surface area contributed by atoms with Gasteiger partial charge in [0.1, 0.15) is 17.9 Å². The van der Waals surface area contributed by atoms with Crippen molar-refractivity contribution in [3.8, 4) is 11.3 Å². The Bertz CT molecular complexity index is 1910. The van der Waals surface area contributed by atoms with Crippen LogP contribution in [0.2, 0.25) is 0 Å². The molecule has 294 valence electrons. The van der Waals surface area contributed by atoms with Crippen molar-refractivity contribution in [3.05, 3.63) is 84.2 Å². The predicted octanol–water partition coefficient (Wildman–Crippen LogP) is 5.21. The van der Waals surface area contributed by atoms with Gasteiger partial charge in [0.25, 0.3) is 5.91 Å². The van der Waals surface area contributed by atoms with Gasteiger partial charge in [-0.2, -0.15) is 5.10 Å². The first-order chi connectivity index (χ1) is 26.6. The van der Waals surface area contributed by atoms with Crippen molar-refractivity contribution < 1.29 is 23.6 Å². The Kier molecular flexibility index (Phi) is 15.9. The summed E-state index contributed by atoms with van der Waals surface area (Å²) in [6.45, 7) is 4.33. The highest BCUT2D eigenvalue weighted by Gasteiger charge is 2.35. The lowest BCUT2D eigenvalue weighted by atomic mass is 10.0. The lowest BCUT2D eigenvalue weighted by Gasteiger charge is -2.30. The normalized spacial score (nSPS) is 14.9. The minimum absolute atomic E-state index is 0.132. The monoisotopic (exact) mass is 755 g/mol. The number of anilines is 3. The number of likely N-dealkylation sites (N-methyl/N-ethyl adjacent to an activating group) is 1. The summed E-state index contributed by atoms with van der Waals surface area (Å²) >= 11 is 0. The van der Waals surface area contributed by atoms with E-state index in [1.807, 2.05) is 49.3 Å². The maximum Gasteiger partial charge on any atom is 0.251 e. The van der Waals surface area contributed by atoms with Crippen molar-refractivity contribution in [2.75, 3.05) is 56.9 Å². The average Bonchev–Trinajstić information content (AvgIpc) is 3.78. The number of amides is 3. The van der Waals surface area contributed by atoms with Gasteiger partial charge in [-0.05, 0) is 81.5 Å². The smallest absolute Gasteiger partial charge is 0.251 e. The van der Waals surface area contributed by atoms with Crippen molar-refractivity contribution in [1.82, 2.24) is 30.5 Å². The molecule has 0 spiro atoms. The number of hydrogen-bond acceptors (Lipinski definition) is 9. The number of nitrogens with zero attached hydrogens (tertiary/aromatic N) is 5. The molecule has 14 heteroatoms. The van der Waals surface area contributed by atoms with Crippen molar-refractivity contribution in [3.63, 3.8) is 0 Å². The molecule has 1 unspecified atom stereocenters. The van der Waals surface area contributed by atoms with Crippen molar-refractivity contribution in [2.45, 2.75) is 69.6 Å². The van der Waals surface area contributed by atoms with Gasteiger partial charge in [-0.1, -0.05) is 37.1 Å². The number of rotatable bonds is 20. The summed E-state index contributed by atoms with van der Waals surface area (Å²) in [5, 5.41) is 16.2. The van der Waals surface area contributed by atoms with Crippen LogP contribution in [0, 0.1) is 0 Å². The summed E-state index contributed by atoms with van der Waals surface area (Å²) in [7, 11) is 8.99. The minimum Gasteiger partial charge on any atom is -0.385 e. The summed E-state index contributed by atoms with van der Waals surface area (Å²) < 4.78 is 13.2. The highest BCUT2D eigenvalue weighted by molar-refractivity contribution is 5.95. The van der Waals surface area contributed by atoms with E-state index in [1.54, 1.807) is 39.4 Å². The molecule has 1 aliphatic rings. The van der Waals surface area contributed by atoms with Crippen LogP contribution in [0.4, 0.5) is 21.5 Å². The number of unbranched alkanes of at least 4 members (excludes halogenated alkanes) is 3. The molecule has 2 heterocycles. The van der Waals surface area contributed by atoms with E-state index in [2.05, 4.69) is 44.0 Å². The number of imidazole rings is 1. The third kappa shape index (κ3) is 11.2. The molecule has 13 nitrogen and oxygen atoms in total. The molecule has 2 aromatic carbocycles. The number of allylic oxidation sites excluding steroid dienone is 1. The third-order valence-corrected chi connectivity index (χ3v) is 9.53. The van der Waals surface area contributed by atoms with Gasteiger partial charge >= 0.3 is 0 Å². The van der Waals surface area contributed by atoms with E-state index in [9.17, 15) is 23.6 Å². The second kappa shape index (κ2) is 20.7. The molecule has 3 atom stereocenters. The SMILES string of the molecule is C=CCCC(C(=O)NC)N(C=O)c1ccc(CCCCCCNC(=O)c2ccc(-c3cc(NC)c4ncc(C=O)n4n3)cc2)cc1N(C)C.CN[C@@H]1C[C@@H]1F. The maximum absolute atomic E-state index is 12.8. The third-order valence-electron chi connectivity index (χ3n) is 9.53. The van der Waals surface area contributed by atoms with Gasteiger partial charge in [0.15, 0.2) is 11.9 Å². The fourth-order valence-electron chi connectivity index (χ4n) is 6.20. The van der Waals surface area contributed by atoms with Gasteiger partial charge < -0.3 is 31.1 Å². The van der Waals surface area contributed by atoms with Crippen LogP contribution in [0.15, 0.2) is 67.4 Å². The number of carbonyl (C=O) groups excluding carboxylic acids is 4. The van der Waals surface area contributed by atoms with Gasteiger partial charge in [0, 0.05) is 51.9 Å². The molecule has 0 radical (unpaired) electrons. The largest absolute Gasteiger partial charge is 0.385 e. The quantitative estimate of drug-likeness (QED) is 0.0541. The first-order valence-corrected chi connectivity index (χ1v) is 18.7. The number of nitrogens with one attached hydrogen (secondary N) is 4. The molecule has 3 amide bonds. The zero-order chi connectivity index (χ0) is 39.9. The molecular weight excluding hydrogens is 702 g/mol. The number of aldehydes is 1. The van der Waals surface area contributed by atoms with Crippen LogP contribution in [-0.4, -0.2) is 99.1 Å². The second-order valence-electron chi connectivity index (χ2n) is 13.6. The first-order valence-electron chi connectivity index (χ1n) is 18.7. The molecular formula is C41H54FN9O4. The molecule has 0 aliphatic heterocycles. The number of aryl methyl sites for hydroxylation is 1. The molecule has 0 saturated heterocycles. The summed E-state index contributed by atoms with van der Waals surface area (Å²) in [6.07, 6.45) is 10.7. The molecule has 5 rings (SSSR count). The van der Waals surface area contributed by atoms with Crippen LogP contribution < -0.4 is 31.1 Å². The van der Waals surface area contributed by atoms with Gasteiger partial charge in [0.2, 0.25) is 12.3 Å². The second-order valence-corrected chi connectivity index (χ2v) is 13.6. The Morgan fingerprint density at radius 2 is 1.75 bits per heavy atom. The number of benzene rings is 2. The molecule has 55 heavy (non-hydrogen) atoms. The number of aromatic nitrogens is 3. The number of alkyl halides is 1. The van der Waals surface area contributed by atoms with Crippen LogP contribution in [0.5, 0.6) is 0 Å². The minimum atomic E-state index is -0.628. The van der Waals surface area contributed by atoms with Crippen LogP contribution in [0.3, 0.4) is 0 Å². The standard InChI is InChI=1S/C37H46N8O4.C4H8FN/c1-6-7-13-33(37(49)39-3)44(25-47)32-19-14-26(21-34(32)43(4)5)12-10-8-9-11-20-40-36(48)28-17-15-27(16-18-28)30-22-31(38-2)35-41-23-29(24-46)45(35)42-30;1-6-4-2-3(4)5/h6,14-19,21-25,33,38H,1,7-13,20H2,2-5H3,(H,39,49)(H,40,48);3-4,6H,2H2,1H3/t;3-,4+/m.0/s1. The van der Waals surface area contributed by atoms with Crippen molar-refractivity contribution in [1.29, 1.82) is 0 Å². The van der Waals surface area contributed by atoms with E-state index < -0.39 is 12.2 Å². The highest BCUT2D eigenvalue weighted by Crippen LogP contribution is 2.32. The first kappa shape index (κ1) is 42.1. The zero-order valence-corrected chi connectivity index (χ0v) is 32.5. The number of carbonyl (C=O) groups is 4. The molecule has 4 N–H and O–H groups in total. The summed E-state index contributed by atoms with van der Waals surface area (Å²) in [5.74, 6) is -0.346. The molecule has 0 bridgehead atoms. The Labute approximate surface area is 322 Å². The number of halogens is 1. The molecule has 1 aliphatic carbocycles. The zero-order valence-electron chi connectivity index (χ0n) is 32.5. The van der Waals surface area contributed by atoms with Crippen molar-refractivity contribution >= 4 is 47.2 Å².